The number of aromatic nitrogens is 1. The van der Waals surface area contributed by atoms with E-state index in [0.717, 1.165) is 6.07 Å². The summed E-state index contributed by atoms with van der Waals surface area (Å²) in [5.74, 6) is -2.60. The number of nitrogens with zero attached hydrogens (tertiary/aromatic N) is 1. The third-order valence-corrected chi connectivity index (χ3v) is 2.25. The first kappa shape index (κ1) is 14.8. The van der Waals surface area contributed by atoms with E-state index in [1.54, 1.807) is 0 Å². The molecule has 0 fully saturated rings. The Balaban J connectivity index is 3.51. The number of terminal acetylenes is 1. The lowest BCUT2D eigenvalue weighted by Gasteiger charge is -2.20. The van der Waals surface area contributed by atoms with Gasteiger partial charge < -0.3 is 5.32 Å². The zero-order valence-corrected chi connectivity index (χ0v) is 9.37. The van der Waals surface area contributed by atoms with E-state index in [9.17, 15) is 27.2 Å². The molecular formula is C11H8F4N2O2. The van der Waals surface area contributed by atoms with Gasteiger partial charge in [-0.3, -0.25) is 14.2 Å². The van der Waals surface area contributed by atoms with Crippen LogP contribution in [0.2, 0.25) is 0 Å². The Morgan fingerprint density at radius 2 is 2.11 bits per heavy atom. The average Bonchev–Trinajstić information content (AvgIpc) is 2.34. The van der Waals surface area contributed by atoms with Crippen molar-refractivity contribution in [3.8, 4) is 12.3 Å². The highest BCUT2D eigenvalue weighted by Gasteiger charge is 2.45. The van der Waals surface area contributed by atoms with E-state index in [1.807, 2.05) is 11.2 Å². The van der Waals surface area contributed by atoms with E-state index in [0.29, 0.717) is 10.6 Å². The zero-order valence-electron chi connectivity index (χ0n) is 9.37. The van der Waals surface area contributed by atoms with Gasteiger partial charge in [-0.05, 0) is 12.1 Å². The Hall–Kier alpha value is -2.30. The van der Waals surface area contributed by atoms with E-state index in [-0.39, 0.29) is 12.1 Å². The van der Waals surface area contributed by atoms with Crippen molar-refractivity contribution >= 4 is 12.1 Å². The SMILES string of the molecule is C#CCn1c(C(F)(F)C(F)F)ccc(NC=O)c1=O. The second-order valence-corrected chi connectivity index (χ2v) is 3.41. The van der Waals surface area contributed by atoms with Crippen LogP contribution in [0.5, 0.6) is 0 Å². The van der Waals surface area contributed by atoms with Gasteiger partial charge in [-0.25, -0.2) is 8.78 Å². The smallest absolute Gasteiger partial charge is 0.324 e. The van der Waals surface area contributed by atoms with Gasteiger partial charge in [0.1, 0.15) is 5.69 Å². The zero-order chi connectivity index (χ0) is 14.6. The lowest BCUT2D eigenvalue weighted by atomic mass is 10.2. The van der Waals surface area contributed by atoms with Crippen molar-refractivity contribution in [2.75, 3.05) is 5.32 Å². The maximum atomic E-state index is 13.3. The highest BCUT2D eigenvalue weighted by Crippen LogP contribution is 2.34. The molecule has 0 aliphatic carbocycles. The lowest BCUT2D eigenvalue weighted by Crippen LogP contribution is -2.34. The van der Waals surface area contributed by atoms with Crippen LogP contribution >= 0.6 is 0 Å². The fraction of sp³-hybridized carbons (Fsp3) is 0.273. The molecule has 1 rings (SSSR count). The van der Waals surface area contributed by atoms with Crippen LogP contribution in [-0.4, -0.2) is 17.4 Å². The number of halogens is 4. The van der Waals surface area contributed by atoms with Gasteiger partial charge in [0.25, 0.3) is 5.56 Å². The van der Waals surface area contributed by atoms with Crippen LogP contribution in [0.3, 0.4) is 0 Å². The monoisotopic (exact) mass is 276 g/mol. The molecule has 1 amide bonds. The Morgan fingerprint density at radius 1 is 1.47 bits per heavy atom. The molecule has 0 aromatic carbocycles. The number of pyridine rings is 1. The molecule has 1 aromatic heterocycles. The molecule has 0 aliphatic rings. The van der Waals surface area contributed by atoms with Crippen LogP contribution in [0, 0.1) is 12.3 Å². The predicted octanol–water partition coefficient (Wildman–Crippen LogP) is 1.41. The number of nitrogens with one attached hydrogen (secondary N) is 1. The second-order valence-electron chi connectivity index (χ2n) is 3.41. The third-order valence-electron chi connectivity index (χ3n) is 2.25. The number of amides is 1. The first-order chi connectivity index (χ1) is 8.86. The first-order valence-corrected chi connectivity index (χ1v) is 4.90. The fourth-order valence-corrected chi connectivity index (χ4v) is 1.40. The van der Waals surface area contributed by atoms with Gasteiger partial charge in [-0.15, -0.1) is 6.42 Å². The highest BCUT2D eigenvalue weighted by molar-refractivity contribution is 5.70. The van der Waals surface area contributed by atoms with Gasteiger partial charge >= 0.3 is 12.3 Å². The lowest BCUT2D eigenvalue weighted by molar-refractivity contribution is -0.140. The fourth-order valence-electron chi connectivity index (χ4n) is 1.40. The van der Waals surface area contributed by atoms with E-state index in [2.05, 4.69) is 0 Å². The largest absolute Gasteiger partial charge is 0.347 e. The molecule has 0 saturated carbocycles. The summed E-state index contributed by atoms with van der Waals surface area (Å²) in [6, 6.07) is 1.44. The number of carbonyl (C=O) groups excluding carboxylic acids is 1. The molecule has 8 heteroatoms. The van der Waals surface area contributed by atoms with Gasteiger partial charge in [0.05, 0.1) is 12.2 Å². The molecule has 0 saturated heterocycles. The molecule has 1 N–H and O–H groups in total. The predicted molar refractivity (Wildman–Crippen MR) is 59.1 cm³/mol. The molecule has 4 nitrogen and oxygen atoms in total. The van der Waals surface area contributed by atoms with Gasteiger partial charge in [0, 0.05) is 0 Å². The summed E-state index contributed by atoms with van der Waals surface area (Å²) in [5.41, 5.74) is -2.62. The summed E-state index contributed by atoms with van der Waals surface area (Å²) in [4.78, 5) is 21.9. The number of hydrogen-bond donors (Lipinski definition) is 1. The molecule has 19 heavy (non-hydrogen) atoms. The molecule has 0 radical (unpaired) electrons. The van der Waals surface area contributed by atoms with Crippen LogP contribution in [0.15, 0.2) is 16.9 Å². The van der Waals surface area contributed by atoms with E-state index in [1.165, 1.54) is 0 Å². The number of rotatable bonds is 5. The minimum atomic E-state index is -4.52. The van der Waals surface area contributed by atoms with Gasteiger partial charge in [0.15, 0.2) is 0 Å². The standard InChI is InChI=1S/C11H8F4N2O2/c1-2-5-17-8(11(14,15)10(12)13)4-3-7(9(17)19)16-6-18/h1,3-4,6,10H,5H2,(H,16,18). The highest BCUT2D eigenvalue weighted by atomic mass is 19.3. The van der Waals surface area contributed by atoms with Crippen molar-refractivity contribution in [1.82, 2.24) is 4.57 Å². The average molecular weight is 276 g/mol. The van der Waals surface area contributed by atoms with Crippen LogP contribution in [0.1, 0.15) is 5.69 Å². The van der Waals surface area contributed by atoms with E-state index < -0.39 is 30.1 Å². The summed E-state index contributed by atoms with van der Waals surface area (Å²) >= 11 is 0. The number of alkyl halides is 4. The van der Waals surface area contributed by atoms with Crippen LogP contribution in [-0.2, 0) is 17.3 Å². The molecule has 0 spiro atoms. The molecule has 1 aromatic rings. The number of anilines is 1. The molecule has 0 aliphatic heterocycles. The van der Waals surface area contributed by atoms with Crippen LogP contribution in [0.25, 0.3) is 0 Å². The number of carbonyl (C=O) groups is 1. The van der Waals surface area contributed by atoms with E-state index in [4.69, 9.17) is 6.42 Å². The molecule has 0 bridgehead atoms. The molecule has 102 valence electrons. The second kappa shape index (κ2) is 5.56. The summed E-state index contributed by atoms with van der Waals surface area (Å²) in [5, 5.41) is 1.97. The van der Waals surface area contributed by atoms with Gasteiger partial charge in [-0.1, -0.05) is 5.92 Å². The quantitative estimate of drug-likeness (QED) is 0.502. The van der Waals surface area contributed by atoms with Crippen molar-refractivity contribution in [2.45, 2.75) is 18.9 Å². The Labute approximate surface area is 105 Å². The van der Waals surface area contributed by atoms with Crippen molar-refractivity contribution in [2.24, 2.45) is 0 Å². The van der Waals surface area contributed by atoms with Crippen LogP contribution in [0.4, 0.5) is 23.2 Å². The van der Waals surface area contributed by atoms with Gasteiger partial charge in [0.2, 0.25) is 6.41 Å². The topological polar surface area (TPSA) is 51.1 Å². The Kier molecular flexibility index (Phi) is 4.32. The normalized spacial score (nSPS) is 11.2. The van der Waals surface area contributed by atoms with E-state index >= 15 is 0 Å². The molecular weight excluding hydrogens is 268 g/mol. The van der Waals surface area contributed by atoms with Crippen molar-refractivity contribution in [1.29, 1.82) is 0 Å². The minimum Gasteiger partial charge on any atom is -0.324 e. The molecule has 1 heterocycles. The molecule has 0 atom stereocenters. The van der Waals surface area contributed by atoms with Crippen LogP contribution < -0.4 is 10.9 Å². The first-order valence-electron chi connectivity index (χ1n) is 4.90. The summed E-state index contributed by atoms with van der Waals surface area (Å²) in [6.45, 7) is -0.620. The van der Waals surface area contributed by atoms with Crippen molar-refractivity contribution < 1.29 is 22.4 Å². The summed E-state index contributed by atoms with van der Waals surface area (Å²) in [6.07, 6.45) is 1.08. The maximum absolute atomic E-state index is 13.3. The van der Waals surface area contributed by atoms with Crippen molar-refractivity contribution in [3.05, 3.63) is 28.2 Å². The van der Waals surface area contributed by atoms with Crippen molar-refractivity contribution in [3.63, 3.8) is 0 Å². The minimum absolute atomic E-state index is 0.155. The summed E-state index contributed by atoms with van der Waals surface area (Å²) in [7, 11) is 0. The summed E-state index contributed by atoms with van der Waals surface area (Å²) < 4.78 is 51.5. The Morgan fingerprint density at radius 3 is 2.58 bits per heavy atom. The Bertz CT molecular complexity index is 575. The van der Waals surface area contributed by atoms with Gasteiger partial charge in [-0.2, -0.15) is 8.78 Å². The number of hydrogen-bond acceptors (Lipinski definition) is 2. The third kappa shape index (κ3) is 2.76. The maximum Gasteiger partial charge on any atom is 0.347 e. The molecule has 0 unspecified atom stereocenters.